The van der Waals surface area contributed by atoms with E-state index in [2.05, 4.69) is 27.7 Å². The standard InChI is InChI=1S/C24H46O2/c1-5-6-7-8-9-10-11-12-13-14-15-16-17-18-19-20-22(25)26-24(4)21-23(24,2)3/h5-21H2,1-4H3. The van der Waals surface area contributed by atoms with Crippen LogP contribution in [0.2, 0.25) is 0 Å². The molecule has 1 aliphatic carbocycles. The Bertz CT molecular complexity index is 374. The molecule has 0 aromatic carbocycles. The molecule has 0 bridgehead atoms. The maximum absolute atomic E-state index is 11.9. The summed E-state index contributed by atoms with van der Waals surface area (Å²) < 4.78 is 5.64. The predicted molar refractivity (Wildman–Crippen MR) is 112 cm³/mol. The second-order valence-electron chi connectivity index (χ2n) is 9.47. The zero-order chi connectivity index (χ0) is 19.3. The van der Waals surface area contributed by atoms with E-state index in [-0.39, 0.29) is 17.0 Å². The molecule has 0 aromatic heterocycles. The molecule has 26 heavy (non-hydrogen) atoms. The molecule has 1 fully saturated rings. The maximum atomic E-state index is 11.9. The highest BCUT2D eigenvalue weighted by molar-refractivity contribution is 5.70. The largest absolute Gasteiger partial charge is 0.459 e. The van der Waals surface area contributed by atoms with Crippen LogP contribution in [0, 0.1) is 5.41 Å². The number of rotatable bonds is 17. The summed E-state index contributed by atoms with van der Waals surface area (Å²) in [5.74, 6) is 0.00719. The normalized spacial score (nSPS) is 20.9. The Morgan fingerprint density at radius 3 is 1.38 bits per heavy atom. The third-order valence-corrected chi connectivity index (χ3v) is 6.41. The van der Waals surface area contributed by atoms with Gasteiger partial charge in [-0.15, -0.1) is 0 Å². The van der Waals surface area contributed by atoms with Crippen molar-refractivity contribution in [2.24, 2.45) is 5.41 Å². The van der Waals surface area contributed by atoms with Gasteiger partial charge in [-0.2, -0.15) is 0 Å². The number of ether oxygens (including phenoxy) is 1. The zero-order valence-corrected chi connectivity index (χ0v) is 18.3. The summed E-state index contributed by atoms with van der Waals surface area (Å²) in [6.07, 6.45) is 21.9. The van der Waals surface area contributed by atoms with Crippen LogP contribution in [0.25, 0.3) is 0 Å². The lowest BCUT2D eigenvalue weighted by Crippen LogP contribution is -2.21. The topological polar surface area (TPSA) is 26.3 Å². The van der Waals surface area contributed by atoms with Crippen LogP contribution in [0.1, 0.15) is 137 Å². The van der Waals surface area contributed by atoms with Gasteiger partial charge in [0.25, 0.3) is 0 Å². The van der Waals surface area contributed by atoms with Gasteiger partial charge in [0.2, 0.25) is 0 Å². The van der Waals surface area contributed by atoms with Gasteiger partial charge in [-0.05, 0) is 19.8 Å². The van der Waals surface area contributed by atoms with Crippen molar-refractivity contribution in [3.63, 3.8) is 0 Å². The number of unbranched alkanes of at least 4 members (excludes halogenated alkanes) is 14. The van der Waals surface area contributed by atoms with Gasteiger partial charge in [-0.25, -0.2) is 0 Å². The van der Waals surface area contributed by atoms with Gasteiger partial charge in [0, 0.05) is 11.8 Å². The molecule has 0 aliphatic heterocycles. The van der Waals surface area contributed by atoms with Crippen molar-refractivity contribution >= 4 is 5.97 Å². The van der Waals surface area contributed by atoms with Crippen LogP contribution in [0.5, 0.6) is 0 Å². The lowest BCUT2D eigenvalue weighted by molar-refractivity contribution is -0.152. The van der Waals surface area contributed by atoms with E-state index in [1.54, 1.807) is 0 Å². The van der Waals surface area contributed by atoms with Crippen LogP contribution >= 0.6 is 0 Å². The van der Waals surface area contributed by atoms with Gasteiger partial charge < -0.3 is 4.74 Å². The van der Waals surface area contributed by atoms with Gasteiger partial charge in [-0.3, -0.25) is 4.79 Å². The van der Waals surface area contributed by atoms with Crippen LogP contribution in [0.15, 0.2) is 0 Å². The number of hydrogen-bond acceptors (Lipinski definition) is 2. The van der Waals surface area contributed by atoms with Crippen molar-refractivity contribution in [1.82, 2.24) is 0 Å². The van der Waals surface area contributed by atoms with Crippen molar-refractivity contribution in [1.29, 1.82) is 0 Å². The number of esters is 1. The van der Waals surface area contributed by atoms with Crippen LogP contribution in [-0.4, -0.2) is 11.6 Å². The van der Waals surface area contributed by atoms with Crippen LogP contribution in [-0.2, 0) is 9.53 Å². The molecule has 0 saturated heterocycles. The number of hydrogen-bond donors (Lipinski definition) is 0. The fourth-order valence-electron chi connectivity index (χ4n) is 3.92. The Labute approximate surface area is 163 Å². The minimum atomic E-state index is -0.195. The van der Waals surface area contributed by atoms with E-state index < -0.39 is 0 Å². The molecule has 1 atom stereocenters. The second kappa shape index (κ2) is 12.8. The van der Waals surface area contributed by atoms with E-state index in [9.17, 15) is 4.79 Å². The molecule has 2 heteroatoms. The molecule has 0 amide bonds. The lowest BCUT2D eigenvalue weighted by atomic mass is 10.0. The summed E-state index contributed by atoms with van der Waals surface area (Å²) in [5.41, 5.74) is -0.0166. The first-order chi connectivity index (χ1) is 12.4. The number of carbonyl (C=O) groups is 1. The Morgan fingerprint density at radius 2 is 1.04 bits per heavy atom. The molecular formula is C24H46O2. The monoisotopic (exact) mass is 366 g/mol. The lowest BCUT2D eigenvalue weighted by Gasteiger charge is -2.16. The Morgan fingerprint density at radius 1 is 0.692 bits per heavy atom. The average molecular weight is 367 g/mol. The first-order valence-corrected chi connectivity index (χ1v) is 11.6. The maximum Gasteiger partial charge on any atom is 0.306 e. The Balaban J connectivity index is 1.77. The molecule has 0 aromatic rings. The molecule has 1 unspecified atom stereocenters. The number of carbonyl (C=O) groups excluding carboxylic acids is 1. The minimum absolute atomic E-state index is 0.00719. The molecule has 1 rings (SSSR count). The first-order valence-electron chi connectivity index (χ1n) is 11.6. The highest BCUT2D eigenvalue weighted by Crippen LogP contribution is 2.58. The predicted octanol–water partition coefficient (Wildman–Crippen LogP) is 7.98. The molecule has 0 spiro atoms. The first kappa shape index (κ1) is 23.5. The molecule has 0 radical (unpaired) electrons. The molecule has 0 N–H and O–H groups in total. The van der Waals surface area contributed by atoms with E-state index in [4.69, 9.17) is 4.74 Å². The third kappa shape index (κ3) is 9.97. The molecule has 154 valence electrons. The highest BCUT2D eigenvalue weighted by atomic mass is 16.6. The Hall–Kier alpha value is -0.530. The van der Waals surface area contributed by atoms with Gasteiger partial charge in [-0.1, -0.05) is 111 Å². The average Bonchev–Trinajstić information content (AvgIpc) is 3.07. The molecule has 1 saturated carbocycles. The fraction of sp³-hybridized carbons (Fsp3) is 0.958. The third-order valence-electron chi connectivity index (χ3n) is 6.41. The van der Waals surface area contributed by atoms with Crippen LogP contribution < -0.4 is 0 Å². The summed E-state index contributed by atoms with van der Waals surface area (Å²) in [6.45, 7) is 8.70. The Kier molecular flexibility index (Phi) is 11.6. The molecule has 1 aliphatic rings. The van der Waals surface area contributed by atoms with Crippen molar-refractivity contribution in [2.75, 3.05) is 0 Å². The van der Waals surface area contributed by atoms with E-state index in [1.165, 1.54) is 89.9 Å². The SMILES string of the molecule is CCCCCCCCCCCCCCCCCC(=O)OC1(C)CC1(C)C. The van der Waals surface area contributed by atoms with Gasteiger partial charge in [0.15, 0.2) is 0 Å². The van der Waals surface area contributed by atoms with Gasteiger partial charge in [0.05, 0.1) is 0 Å². The van der Waals surface area contributed by atoms with Gasteiger partial charge >= 0.3 is 5.97 Å². The van der Waals surface area contributed by atoms with Gasteiger partial charge in [0.1, 0.15) is 5.60 Å². The van der Waals surface area contributed by atoms with Crippen LogP contribution in [0.3, 0.4) is 0 Å². The summed E-state index contributed by atoms with van der Waals surface area (Å²) in [7, 11) is 0. The summed E-state index contributed by atoms with van der Waals surface area (Å²) in [5, 5.41) is 0. The smallest absolute Gasteiger partial charge is 0.306 e. The van der Waals surface area contributed by atoms with E-state index in [0.717, 1.165) is 12.8 Å². The van der Waals surface area contributed by atoms with E-state index in [1.807, 2.05) is 0 Å². The van der Waals surface area contributed by atoms with Crippen molar-refractivity contribution in [3.05, 3.63) is 0 Å². The van der Waals surface area contributed by atoms with E-state index >= 15 is 0 Å². The molecular weight excluding hydrogens is 320 g/mol. The van der Waals surface area contributed by atoms with Crippen molar-refractivity contribution in [2.45, 2.75) is 142 Å². The summed E-state index contributed by atoms with van der Waals surface area (Å²) >= 11 is 0. The van der Waals surface area contributed by atoms with Crippen LogP contribution in [0.4, 0.5) is 0 Å². The quantitative estimate of drug-likeness (QED) is 0.193. The van der Waals surface area contributed by atoms with Crippen molar-refractivity contribution in [3.8, 4) is 0 Å². The fourth-order valence-corrected chi connectivity index (χ4v) is 3.92. The summed E-state index contributed by atoms with van der Waals surface area (Å²) in [6, 6.07) is 0. The molecule has 2 nitrogen and oxygen atoms in total. The van der Waals surface area contributed by atoms with E-state index in [0.29, 0.717) is 6.42 Å². The summed E-state index contributed by atoms with van der Waals surface area (Å²) in [4.78, 5) is 11.9. The minimum Gasteiger partial charge on any atom is -0.459 e. The zero-order valence-electron chi connectivity index (χ0n) is 18.3. The second-order valence-corrected chi connectivity index (χ2v) is 9.47. The molecule has 0 heterocycles. The van der Waals surface area contributed by atoms with Crippen molar-refractivity contribution < 1.29 is 9.53 Å². The highest BCUT2D eigenvalue weighted by Gasteiger charge is 2.61.